The number of amides is 1. The lowest BCUT2D eigenvalue weighted by Gasteiger charge is -2.31. The van der Waals surface area contributed by atoms with Crippen molar-refractivity contribution in [3.05, 3.63) is 70.2 Å². The molecule has 1 N–H and O–H groups in total. The van der Waals surface area contributed by atoms with Crippen LogP contribution in [0, 0.1) is 0 Å². The molecule has 1 aliphatic rings. The van der Waals surface area contributed by atoms with Crippen LogP contribution in [0.5, 0.6) is 0 Å². The van der Waals surface area contributed by atoms with Crippen LogP contribution in [0.3, 0.4) is 0 Å². The highest BCUT2D eigenvalue weighted by Crippen LogP contribution is 2.40. The molecule has 0 aromatic heterocycles. The Kier molecular flexibility index (Phi) is 3.85. The maximum atomic E-state index is 12.0. The Bertz CT molecular complexity index is 655. The Morgan fingerprint density at radius 2 is 1.81 bits per heavy atom. The van der Waals surface area contributed by atoms with Crippen LogP contribution in [0.25, 0.3) is 0 Å². The van der Waals surface area contributed by atoms with Gasteiger partial charge in [0.2, 0.25) is 5.91 Å². The quantitative estimate of drug-likeness (QED) is 0.901. The zero-order valence-electron chi connectivity index (χ0n) is 12.0. The number of nitrogens with one attached hydrogen (secondary N) is 1. The molecule has 0 aliphatic carbocycles. The molecule has 2 unspecified atom stereocenters. The molecule has 0 saturated carbocycles. The minimum Gasteiger partial charge on any atom is -0.352 e. The summed E-state index contributed by atoms with van der Waals surface area (Å²) < 4.78 is 1.07. The first-order valence-electron chi connectivity index (χ1n) is 7.18. The fraction of sp³-hybridized carbons (Fsp3) is 0.278. The fourth-order valence-corrected chi connectivity index (χ4v) is 3.93. The van der Waals surface area contributed by atoms with Gasteiger partial charge in [0.05, 0.1) is 0 Å². The first-order chi connectivity index (χ1) is 10.1. The van der Waals surface area contributed by atoms with Gasteiger partial charge in [-0.2, -0.15) is 0 Å². The van der Waals surface area contributed by atoms with Crippen molar-refractivity contribution >= 4 is 21.8 Å². The van der Waals surface area contributed by atoms with Crippen molar-refractivity contribution in [2.75, 3.05) is 0 Å². The Balaban J connectivity index is 1.95. The number of rotatable bonds is 3. The molecule has 3 heteroatoms. The van der Waals surface area contributed by atoms with Crippen molar-refractivity contribution in [2.45, 2.75) is 31.2 Å². The third-order valence-corrected chi connectivity index (χ3v) is 5.10. The topological polar surface area (TPSA) is 29.1 Å². The molecule has 1 aliphatic heterocycles. The average molecular weight is 344 g/mol. The van der Waals surface area contributed by atoms with Crippen LogP contribution in [-0.2, 0) is 16.6 Å². The molecule has 2 aromatic carbocycles. The van der Waals surface area contributed by atoms with Gasteiger partial charge in [-0.1, -0.05) is 71.4 Å². The first-order valence-corrected chi connectivity index (χ1v) is 7.97. The van der Waals surface area contributed by atoms with E-state index in [1.54, 1.807) is 0 Å². The van der Waals surface area contributed by atoms with Gasteiger partial charge in [-0.15, -0.1) is 0 Å². The smallest absolute Gasteiger partial charge is 0.221 e. The summed E-state index contributed by atoms with van der Waals surface area (Å²) in [7, 11) is 0. The molecular weight excluding hydrogens is 326 g/mol. The molecule has 2 nitrogen and oxygen atoms in total. The Labute approximate surface area is 133 Å². The van der Waals surface area contributed by atoms with E-state index >= 15 is 0 Å². The molecule has 0 radical (unpaired) electrons. The second kappa shape index (κ2) is 5.64. The maximum Gasteiger partial charge on any atom is 0.221 e. The normalized spacial score (nSPS) is 24.9. The molecule has 108 valence electrons. The number of hydrogen-bond donors (Lipinski definition) is 1. The first kappa shape index (κ1) is 14.3. The molecule has 2 aromatic rings. The lowest BCUT2D eigenvalue weighted by atomic mass is 9.74. The van der Waals surface area contributed by atoms with Crippen LogP contribution in [0.1, 0.15) is 24.5 Å². The summed E-state index contributed by atoms with van der Waals surface area (Å²) >= 11 is 3.64. The van der Waals surface area contributed by atoms with Gasteiger partial charge in [-0.3, -0.25) is 4.79 Å². The Morgan fingerprint density at radius 1 is 1.14 bits per heavy atom. The van der Waals surface area contributed by atoms with Crippen LogP contribution >= 0.6 is 15.9 Å². The maximum absolute atomic E-state index is 12.0. The van der Waals surface area contributed by atoms with E-state index < -0.39 is 0 Å². The third-order valence-electron chi connectivity index (χ3n) is 4.40. The van der Waals surface area contributed by atoms with Gasteiger partial charge in [0.15, 0.2) is 0 Å². The number of benzene rings is 2. The predicted octanol–water partition coefficient (Wildman–Crippen LogP) is 3.84. The highest BCUT2D eigenvalue weighted by atomic mass is 79.9. The van der Waals surface area contributed by atoms with Crippen molar-refractivity contribution in [3.8, 4) is 0 Å². The minimum absolute atomic E-state index is 0.117. The minimum atomic E-state index is -0.187. The molecule has 1 heterocycles. The van der Waals surface area contributed by atoms with Crippen molar-refractivity contribution in [1.29, 1.82) is 0 Å². The lowest BCUT2D eigenvalue weighted by molar-refractivity contribution is -0.119. The van der Waals surface area contributed by atoms with Crippen LogP contribution in [0.15, 0.2) is 59.1 Å². The van der Waals surface area contributed by atoms with Gasteiger partial charge in [-0.05, 0) is 23.6 Å². The summed E-state index contributed by atoms with van der Waals surface area (Å²) in [5.41, 5.74) is 2.26. The molecule has 1 saturated heterocycles. The summed E-state index contributed by atoms with van der Waals surface area (Å²) in [6.45, 7) is 2.18. The third kappa shape index (κ3) is 2.75. The molecule has 1 amide bonds. The van der Waals surface area contributed by atoms with E-state index in [-0.39, 0.29) is 17.4 Å². The van der Waals surface area contributed by atoms with E-state index in [4.69, 9.17) is 0 Å². The zero-order valence-corrected chi connectivity index (χ0v) is 13.6. The van der Waals surface area contributed by atoms with Crippen LogP contribution < -0.4 is 5.32 Å². The van der Waals surface area contributed by atoms with Gasteiger partial charge < -0.3 is 5.32 Å². The van der Waals surface area contributed by atoms with Gasteiger partial charge in [-0.25, -0.2) is 0 Å². The molecular formula is C18H18BrNO. The van der Waals surface area contributed by atoms with E-state index in [2.05, 4.69) is 46.4 Å². The monoisotopic (exact) mass is 343 g/mol. The van der Waals surface area contributed by atoms with Crippen LogP contribution in [-0.4, -0.2) is 11.9 Å². The number of carbonyl (C=O) groups excluding carboxylic acids is 1. The molecule has 3 rings (SSSR count). The summed E-state index contributed by atoms with van der Waals surface area (Å²) in [5, 5.41) is 3.16. The Hall–Kier alpha value is -1.61. The molecule has 1 fully saturated rings. The van der Waals surface area contributed by atoms with Crippen molar-refractivity contribution in [2.24, 2.45) is 0 Å². The van der Waals surface area contributed by atoms with Crippen molar-refractivity contribution < 1.29 is 4.79 Å². The molecule has 0 spiro atoms. The van der Waals surface area contributed by atoms with E-state index in [0.29, 0.717) is 6.42 Å². The van der Waals surface area contributed by atoms with E-state index in [0.717, 1.165) is 10.9 Å². The van der Waals surface area contributed by atoms with Gasteiger partial charge in [0.1, 0.15) is 0 Å². The van der Waals surface area contributed by atoms with E-state index in [1.165, 1.54) is 11.1 Å². The van der Waals surface area contributed by atoms with Gasteiger partial charge >= 0.3 is 0 Å². The summed E-state index contributed by atoms with van der Waals surface area (Å²) in [5.74, 6) is 0.134. The molecule has 0 bridgehead atoms. The highest BCUT2D eigenvalue weighted by Gasteiger charge is 2.45. The summed E-state index contributed by atoms with van der Waals surface area (Å²) in [6.07, 6.45) is 1.39. The largest absolute Gasteiger partial charge is 0.352 e. The second-order valence-corrected chi connectivity index (χ2v) is 6.74. The Morgan fingerprint density at radius 3 is 2.52 bits per heavy atom. The number of carbonyl (C=O) groups is 1. The summed E-state index contributed by atoms with van der Waals surface area (Å²) in [6, 6.07) is 18.7. The lowest BCUT2D eigenvalue weighted by Crippen LogP contribution is -2.40. The van der Waals surface area contributed by atoms with Crippen LogP contribution in [0.2, 0.25) is 0 Å². The fourth-order valence-electron chi connectivity index (χ4n) is 3.19. The van der Waals surface area contributed by atoms with Crippen molar-refractivity contribution in [3.63, 3.8) is 0 Å². The van der Waals surface area contributed by atoms with Crippen LogP contribution in [0.4, 0.5) is 0 Å². The molecule has 2 atom stereocenters. The standard InChI is InChI=1S/C18H18BrNO/c1-18(14-9-5-6-10-15(14)19)12-17(21)20-16(18)11-13-7-3-2-4-8-13/h2-10,16H,11-12H2,1H3,(H,20,21). The number of hydrogen-bond acceptors (Lipinski definition) is 1. The highest BCUT2D eigenvalue weighted by molar-refractivity contribution is 9.10. The summed E-state index contributed by atoms with van der Waals surface area (Å²) in [4.78, 5) is 12.0. The second-order valence-electron chi connectivity index (χ2n) is 5.88. The zero-order chi connectivity index (χ0) is 14.9. The molecule has 21 heavy (non-hydrogen) atoms. The SMILES string of the molecule is CC1(c2ccccc2Br)CC(=O)NC1Cc1ccccc1. The van der Waals surface area contributed by atoms with Crippen molar-refractivity contribution in [1.82, 2.24) is 5.32 Å². The average Bonchev–Trinajstić information content (AvgIpc) is 2.75. The van der Waals surface area contributed by atoms with Gasteiger partial charge in [0.25, 0.3) is 0 Å². The van der Waals surface area contributed by atoms with Gasteiger partial charge in [0, 0.05) is 22.4 Å². The number of halogens is 1. The van der Waals surface area contributed by atoms with E-state index in [9.17, 15) is 4.79 Å². The predicted molar refractivity (Wildman–Crippen MR) is 88.2 cm³/mol. The van der Waals surface area contributed by atoms with E-state index in [1.807, 2.05) is 36.4 Å².